The zero-order valence-electron chi connectivity index (χ0n) is 9.19. The van der Waals surface area contributed by atoms with Crippen LogP contribution in [0.15, 0.2) is 17.2 Å². The fraction of sp³-hybridized carbons (Fsp3) is 0.600. The Balaban J connectivity index is 2.38. The fourth-order valence-electron chi connectivity index (χ4n) is 1.10. The summed E-state index contributed by atoms with van der Waals surface area (Å²) in [5, 5.41) is 3.18. The molecule has 5 nitrogen and oxygen atoms in total. The average Bonchev–Trinajstić information content (AvgIpc) is 2.24. The zero-order chi connectivity index (χ0) is 11.1. The molecule has 0 amide bonds. The van der Waals surface area contributed by atoms with Crippen LogP contribution < -0.4 is 15.6 Å². The van der Waals surface area contributed by atoms with E-state index in [2.05, 4.69) is 17.2 Å². The van der Waals surface area contributed by atoms with E-state index in [1.54, 1.807) is 19.4 Å². The molecule has 15 heavy (non-hydrogen) atoms. The van der Waals surface area contributed by atoms with Crippen molar-refractivity contribution in [1.82, 2.24) is 14.9 Å². The van der Waals surface area contributed by atoms with Crippen molar-refractivity contribution in [2.45, 2.75) is 13.3 Å². The third-order valence-electron chi connectivity index (χ3n) is 1.93. The number of nitrogens with one attached hydrogen (secondary N) is 1. The lowest BCUT2D eigenvalue weighted by Crippen LogP contribution is -2.25. The first-order valence-corrected chi connectivity index (χ1v) is 5.11. The average molecular weight is 211 g/mol. The summed E-state index contributed by atoms with van der Waals surface area (Å²) in [5.74, 6) is 0.165. The maximum atomic E-state index is 11.4. The SMILES string of the molecule is CCCNCCOc1nccn(C)c1=O. The van der Waals surface area contributed by atoms with Crippen LogP contribution in [-0.4, -0.2) is 29.2 Å². The van der Waals surface area contributed by atoms with Crippen LogP contribution in [0.1, 0.15) is 13.3 Å². The molecule has 0 atom stereocenters. The van der Waals surface area contributed by atoms with E-state index < -0.39 is 0 Å². The van der Waals surface area contributed by atoms with Gasteiger partial charge in [-0.25, -0.2) is 4.98 Å². The molecule has 0 unspecified atom stereocenters. The van der Waals surface area contributed by atoms with Crippen molar-refractivity contribution in [1.29, 1.82) is 0 Å². The molecule has 0 aliphatic heterocycles. The van der Waals surface area contributed by atoms with E-state index in [1.165, 1.54) is 4.57 Å². The molecule has 1 aromatic heterocycles. The van der Waals surface area contributed by atoms with Gasteiger partial charge in [0.2, 0.25) is 0 Å². The Morgan fingerprint density at radius 2 is 2.33 bits per heavy atom. The summed E-state index contributed by atoms with van der Waals surface area (Å²) in [6.45, 7) is 4.26. The van der Waals surface area contributed by atoms with E-state index in [-0.39, 0.29) is 11.4 Å². The van der Waals surface area contributed by atoms with E-state index in [1.807, 2.05) is 0 Å². The van der Waals surface area contributed by atoms with Crippen molar-refractivity contribution in [2.75, 3.05) is 19.7 Å². The molecule has 0 aromatic carbocycles. The Morgan fingerprint density at radius 3 is 3.07 bits per heavy atom. The van der Waals surface area contributed by atoms with Crippen LogP contribution in [0.5, 0.6) is 5.88 Å². The van der Waals surface area contributed by atoms with E-state index >= 15 is 0 Å². The lowest BCUT2D eigenvalue weighted by Gasteiger charge is -2.05. The van der Waals surface area contributed by atoms with Crippen LogP contribution >= 0.6 is 0 Å². The lowest BCUT2D eigenvalue weighted by molar-refractivity contribution is 0.296. The Bertz CT molecular complexity index is 349. The molecular weight excluding hydrogens is 194 g/mol. The topological polar surface area (TPSA) is 56.1 Å². The van der Waals surface area contributed by atoms with E-state index in [9.17, 15) is 4.79 Å². The quantitative estimate of drug-likeness (QED) is 0.681. The van der Waals surface area contributed by atoms with Gasteiger partial charge >= 0.3 is 5.56 Å². The van der Waals surface area contributed by atoms with Crippen molar-refractivity contribution in [3.05, 3.63) is 22.7 Å². The first kappa shape index (κ1) is 11.7. The summed E-state index contributed by atoms with van der Waals surface area (Å²) in [6.07, 6.45) is 4.24. The third kappa shape index (κ3) is 3.71. The van der Waals surface area contributed by atoms with Crippen molar-refractivity contribution in [3.63, 3.8) is 0 Å². The lowest BCUT2D eigenvalue weighted by atomic mass is 10.5. The van der Waals surface area contributed by atoms with Gasteiger partial charge in [-0.2, -0.15) is 0 Å². The van der Waals surface area contributed by atoms with Gasteiger partial charge in [-0.3, -0.25) is 4.79 Å². The first-order valence-electron chi connectivity index (χ1n) is 5.11. The van der Waals surface area contributed by atoms with Crippen LogP contribution in [0, 0.1) is 0 Å². The van der Waals surface area contributed by atoms with Gasteiger partial charge in [-0.1, -0.05) is 6.92 Å². The van der Waals surface area contributed by atoms with Crippen molar-refractivity contribution < 1.29 is 4.74 Å². The van der Waals surface area contributed by atoms with E-state index in [0.717, 1.165) is 19.5 Å². The van der Waals surface area contributed by atoms with Gasteiger partial charge < -0.3 is 14.6 Å². The molecule has 0 bridgehead atoms. The number of hydrogen-bond donors (Lipinski definition) is 1. The van der Waals surface area contributed by atoms with Crippen molar-refractivity contribution in [2.24, 2.45) is 7.05 Å². The van der Waals surface area contributed by atoms with Crippen LogP contribution in [0.4, 0.5) is 0 Å². The van der Waals surface area contributed by atoms with Gasteiger partial charge in [-0.05, 0) is 13.0 Å². The maximum Gasteiger partial charge on any atom is 0.313 e. The Labute approximate surface area is 89.1 Å². The third-order valence-corrected chi connectivity index (χ3v) is 1.93. The van der Waals surface area contributed by atoms with Gasteiger partial charge in [0.25, 0.3) is 5.88 Å². The zero-order valence-corrected chi connectivity index (χ0v) is 9.19. The summed E-state index contributed by atoms with van der Waals surface area (Å²) in [6, 6.07) is 0. The van der Waals surface area contributed by atoms with Crippen molar-refractivity contribution >= 4 is 0 Å². The molecule has 0 saturated carbocycles. The van der Waals surface area contributed by atoms with Gasteiger partial charge in [0.1, 0.15) is 6.61 Å². The van der Waals surface area contributed by atoms with Gasteiger partial charge in [-0.15, -0.1) is 0 Å². The van der Waals surface area contributed by atoms with Crippen LogP contribution in [0.25, 0.3) is 0 Å². The number of hydrogen-bond acceptors (Lipinski definition) is 4. The van der Waals surface area contributed by atoms with Crippen LogP contribution in [-0.2, 0) is 7.05 Å². The minimum absolute atomic E-state index is 0.165. The summed E-state index contributed by atoms with van der Waals surface area (Å²) >= 11 is 0. The highest BCUT2D eigenvalue weighted by Gasteiger charge is 2.02. The Morgan fingerprint density at radius 1 is 1.53 bits per heavy atom. The monoisotopic (exact) mass is 211 g/mol. The number of aromatic nitrogens is 2. The highest BCUT2D eigenvalue weighted by molar-refractivity contribution is 5.03. The summed E-state index contributed by atoms with van der Waals surface area (Å²) in [4.78, 5) is 15.3. The number of aryl methyl sites for hydroxylation is 1. The normalized spacial score (nSPS) is 10.3. The maximum absolute atomic E-state index is 11.4. The smallest absolute Gasteiger partial charge is 0.313 e. The Kier molecular flexibility index (Phi) is 4.83. The largest absolute Gasteiger partial charge is 0.472 e. The predicted molar refractivity (Wildman–Crippen MR) is 58.1 cm³/mol. The molecule has 0 spiro atoms. The Hall–Kier alpha value is -1.36. The predicted octanol–water partition coefficient (Wildman–Crippen LogP) is 0.159. The number of nitrogens with zero attached hydrogens (tertiary/aromatic N) is 2. The summed E-state index contributed by atoms with van der Waals surface area (Å²) < 4.78 is 6.70. The van der Waals surface area contributed by atoms with E-state index in [0.29, 0.717) is 6.61 Å². The highest BCUT2D eigenvalue weighted by atomic mass is 16.5. The molecule has 0 aliphatic carbocycles. The van der Waals surface area contributed by atoms with Gasteiger partial charge in [0, 0.05) is 26.0 Å². The molecule has 1 aromatic rings. The van der Waals surface area contributed by atoms with Gasteiger partial charge in [0.05, 0.1) is 0 Å². The fourth-order valence-corrected chi connectivity index (χ4v) is 1.10. The minimum atomic E-state index is -0.201. The second-order valence-corrected chi connectivity index (χ2v) is 3.25. The van der Waals surface area contributed by atoms with Gasteiger partial charge in [0.15, 0.2) is 0 Å². The summed E-state index contributed by atoms with van der Waals surface area (Å²) in [5.41, 5.74) is -0.201. The minimum Gasteiger partial charge on any atom is -0.472 e. The molecule has 5 heteroatoms. The van der Waals surface area contributed by atoms with Crippen LogP contribution in [0.2, 0.25) is 0 Å². The molecule has 0 aliphatic rings. The number of rotatable bonds is 6. The second kappa shape index (κ2) is 6.19. The molecular formula is C10H17N3O2. The van der Waals surface area contributed by atoms with E-state index in [4.69, 9.17) is 4.74 Å². The molecule has 1 heterocycles. The molecule has 84 valence electrons. The molecule has 0 saturated heterocycles. The highest BCUT2D eigenvalue weighted by Crippen LogP contribution is 1.93. The molecule has 0 radical (unpaired) electrons. The summed E-state index contributed by atoms with van der Waals surface area (Å²) in [7, 11) is 1.67. The molecule has 0 fully saturated rings. The number of ether oxygens (including phenoxy) is 1. The second-order valence-electron chi connectivity index (χ2n) is 3.25. The van der Waals surface area contributed by atoms with Crippen molar-refractivity contribution in [3.8, 4) is 5.88 Å². The van der Waals surface area contributed by atoms with Crippen LogP contribution in [0.3, 0.4) is 0 Å². The molecule has 1 rings (SSSR count). The molecule has 1 N–H and O–H groups in total. The first-order chi connectivity index (χ1) is 7.25. The standard InChI is InChI=1S/C10H17N3O2/c1-3-4-11-6-8-15-9-10(14)13(2)7-5-12-9/h5,7,11H,3-4,6,8H2,1-2H3.